The Morgan fingerprint density at radius 3 is 2.50 bits per heavy atom. The first-order valence-electron chi connectivity index (χ1n) is 10.5. The van der Waals surface area contributed by atoms with Crippen molar-refractivity contribution < 1.29 is 9.26 Å². The Morgan fingerprint density at radius 1 is 1.09 bits per heavy atom. The summed E-state index contributed by atoms with van der Waals surface area (Å²) < 4.78 is 13.5. The van der Waals surface area contributed by atoms with Gasteiger partial charge in [-0.25, -0.2) is 0 Å². The number of H-pyrrole nitrogens is 1. The van der Waals surface area contributed by atoms with Gasteiger partial charge < -0.3 is 24.9 Å². The van der Waals surface area contributed by atoms with Crippen molar-refractivity contribution in [2.45, 2.75) is 25.2 Å². The smallest absolute Gasteiger partial charge is 0.237 e. The van der Waals surface area contributed by atoms with E-state index in [1.807, 2.05) is 58.3 Å². The number of nitrogens with one attached hydrogen (secondary N) is 4. The van der Waals surface area contributed by atoms with Crippen LogP contribution in [0.1, 0.15) is 16.8 Å². The summed E-state index contributed by atoms with van der Waals surface area (Å²) in [6.07, 6.45) is 3.10. The van der Waals surface area contributed by atoms with E-state index in [0.29, 0.717) is 5.88 Å². The van der Waals surface area contributed by atoms with Crippen LogP contribution >= 0.6 is 11.9 Å². The van der Waals surface area contributed by atoms with Crippen LogP contribution in [0, 0.1) is 13.8 Å². The quantitative estimate of drug-likeness (QED) is 0.266. The Balaban J connectivity index is 0.000000182. The number of fused-ring (bicyclic) bond motifs is 1. The monoisotopic (exact) mass is 453 g/mol. The summed E-state index contributed by atoms with van der Waals surface area (Å²) in [4.78, 5) is 4.39. The van der Waals surface area contributed by atoms with E-state index in [-0.39, 0.29) is 0 Å². The number of rotatable bonds is 8. The first-order valence-corrected chi connectivity index (χ1v) is 11.3. The van der Waals surface area contributed by atoms with Crippen LogP contribution in [0.2, 0.25) is 0 Å². The number of anilines is 2. The van der Waals surface area contributed by atoms with E-state index in [4.69, 9.17) is 9.26 Å². The normalized spacial score (nSPS) is 10.5. The minimum atomic E-state index is 0.713. The Hall–Kier alpha value is -3.10. The molecule has 170 valence electrons. The molecule has 0 aliphatic heterocycles. The molecule has 8 heteroatoms. The molecule has 2 aromatic heterocycles. The number of benzene rings is 2. The van der Waals surface area contributed by atoms with E-state index in [1.54, 1.807) is 7.11 Å². The number of aryl methyl sites for hydroxylation is 1. The fourth-order valence-electron chi connectivity index (χ4n) is 3.06. The van der Waals surface area contributed by atoms with E-state index >= 15 is 0 Å². The van der Waals surface area contributed by atoms with Gasteiger partial charge in [-0.15, -0.1) is 0 Å². The second-order valence-electron chi connectivity index (χ2n) is 7.28. The standard InChI is InChI=1S/C12H15N3OS.C12H16N2O/c1-8-9(2)14-16-12(8)15-17-11-6-4-10(13-3)5-7-11;1-13-6-5-9-8-14-12-4-3-10(15-2)7-11(9)12/h4-7,13,15H,1-3H3;3-4,7-8,13-14H,5-6H2,1-2H3. The van der Waals surface area contributed by atoms with Gasteiger partial charge in [0.25, 0.3) is 0 Å². The van der Waals surface area contributed by atoms with Crippen LogP contribution < -0.4 is 20.1 Å². The van der Waals surface area contributed by atoms with Gasteiger partial charge in [0.1, 0.15) is 5.75 Å². The maximum Gasteiger partial charge on any atom is 0.237 e. The molecule has 0 amide bonds. The zero-order valence-corrected chi connectivity index (χ0v) is 20.0. The molecule has 0 radical (unpaired) electrons. The summed E-state index contributed by atoms with van der Waals surface area (Å²) in [6, 6.07) is 14.3. The first-order chi connectivity index (χ1) is 15.5. The number of hydrogen-bond donors (Lipinski definition) is 4. The van der Waals surface area contributed by atoms with Crippen LogP contribution in [0.25, 0.3) is 10.9 Å². The molecular formula is C24H31N5O2S. The van der Waals surface area contributed by atoms with Crippen molar-refractivity contribution >= 4 is 34.4 Å². The van der Waals surface area contributed by atoms with Gasteiger partial charge in [0.2, 0.25) is 5.88 Å². The third-order valence-corrected chi connectivity index (χ3v) is 5.98. The van der Waals surface area contributed by atoms with Crippen LogP contribution in [0.4, 0.5) is 11.6 Å². The average molecular weight is 454 g/mol. The van der Waals surface area contributed by atoms with Crippen molar-refractivity contribution in [3.8, 4) is 5.75 Å². The maximum absolute atomic E-state index is 5.22. The minimum Gasteiger partial charge on any atom is -0.497 e. The highest BCUT2D eigenvalue weighted by atomic mass is 32.2. The fraction of sp³-hybridized carbons (Fsp3) is 0.292. The zero-order valence-electron chi connectivity index (χ0n) is 19.2. The lowest BCUT2D eigenvalue weighted by molar-refractivity contribution is 0.415. The molecule has 7 nitrogen and oxygen atoms in total. The summed E-state index contributed by atoms with van der Waals surface area (Å²) in [6.45, 7) is 4.90. The van der Waals surface area contributed by atoms with Crippen LogP contribution in [0.3, 0.4) is 0 Å². The van der Waals surface area contributed by atoms with Crippen molar-refractivity contribution in [2.24, 2.45) is 0 Å². The number of methoxy groups -OCH3 is 1. The molecule has 2 heterocycles. The molecule has 0 bridgehead atoms. The molecule has 0 fully saturated rings. The average Bonchev–Trinajstić information content (AvgIpc) is 3.39. The Kier molecular flexibility index (Phi) is 8.47. The highest BCUT2D eigenvalue weighted by molar-refractivity contribution is 8.00. The summed E-state index contributed by atoms with van der Waals surface area (Å²) in [5.41, 5.74) is 5.56. The highest BCUT2D eigenvalue weighted by Crippen LogP contribution is 2.26. The first kappa shape index (κ1) is 23.6. The van der Waals surface area contributed by atoms with E-state index in [1.165, 1.54) is 28.4 Å². The molecule has 0 saturated carbocycles. The molecule has 0 aliphatic carbocycles. The SMILES string of the molecule is CNCCc1c[nH]c2ccc(OC)cc12.CNc1ccc(SNc2onc(C)c2C)cc1. The highest BCUT2D eigenvalue weighted by Gasteiger charge is 2.08. The van der Waals surface area contributed by atoms with Crippen molar-refractivity contribution in [3.63, 3.8) is 0 Å². The van der Waals surface area contributed by atoms with Crippen LogP contribution in [0.5, 0.6) is 5.75 Å². The third-order valence-electron chi connectivity index (χ3n) is 5.18. The molecule has 2 aromatic carbocycles. The lowest BCUT2D eigenvalue weighted by Crippen LogP contribution is -2.09. The van der Waals surface area contributed by atoms with E-state index in [9.17, 15) is 0 Å². The number of aromatic amines is 1. The second-order valence-corrected chi connectivity index (χ2v) is 8.16. The third kappa shape index (κ3) is 5.99. The Labute approximate surface area is 193 Å². The number of ether oxygens (including phenoxy) is 1. The van der Waals surface area contributed by atoms with Gasteiger partial charge in [0.15, 0.2) is 0 Å². The van der Waals surface area contributed by atoms with Gasteiger partial charge in [-0.05, 0) is 93.8 Å². The molecule has 0 unspecified atom stereocenters. The van der Waals surface area contributed by atoms with E-state index in [2.05, 4.69) is 43.8 Å². The van der Waals surface area contributed by atoms with Crippen LogP contribution in [-0.4, -0.2) is 37.9 Å². The maximum atomic E-state index is 5.22. The van der Waals surface area contributed by atoms with Gasteiger partial charge in [-0.2, -0.15) is 0 Å². The lowest BCUT2D eigenvalue weighted by atomic mass is 10.1. The summed E-state index contributed by atoms with van der Waals surface area (Å²) >= 11 is 1.51. The van der Waals surface area contributed by atoms with Gasteiger partial charge in [0, 0.05) is 40.3 Å². The molecule has 4 rings (SSSR count). The summed E-state index contributed by atoms with van der Waals surface area (Å²) in [5, 5.41) is 11.4. The summed E-state index contributed by atoms with van der Waals surface area (Å²) in [7, 11) is 5.57. The Morgan fingerprint density at radius 2 is 1.88 bits per heavy atom. The number of aromatic nitrogens is 2. The van der Waals surface area contributed by atoms with E-state index in [0.717, 1.165) is 40.6 Å². The molecule has 0 spiro atoms. The molecular weight excluding hydrogens is 422 g/mol. The van der Waals surface area contributed by atoms with Crippen LogP contribution in [0.15, 0.2) is 58.1 Å². The van der Waals surface area contributed by atoms with Gasteiger partial charge in [-0.1, -0.05) is 5.16 Å². The Bertz CT molecular complexity index is 1120. The van der Waals surface area contributed by atoms with Gasteiger partial charge in [-0.3, -0.25) is 4.72 Å². The molecule has 0 aliphatic rings. The van der Waals surface area contributed by atoms with Crippen LogP contribution in [-0.2, 0) is 6.42 Å². The van der Waals surface area contributed by atoms with Gasteiger partial charge in [0.05, 0.1) is 12.8 Å². The molecule has 32 heavy (non-hydrogen) atoms. The number of nitrogens with zero attached hydrogens (tertiary/aromatic N) is 1. The van der Waals surface area contributed by atoms with Crippen molar-refractivity contribution in [3.05, 3.63) is 65.5 Å². The molecule has 4 aromatic rings. The zero-order chi connectivity index (χ0) is 22.9. The second kappa shape index (κ2) is 11.5. The van der Waals surface area contributed by atoms with Gasteiger partial charge >= 0.3 is 0 Å². The minimum absolute atomic E-state index is 0.713. The molecule has 4 N–H and O–H groups in total. The van der Waals surface area contributed by atoms with E-state index < -0.39 is 0 Å². The molecule has 0 saturated heterocycles. The predicted molar refractivity (Wildman–Crippen MR) is 134 cm³/mol. The van der Waals surface area contributed by atoms with Crippen molar-refractivity contribution in [1.29, 1.82) is 0 Å². The number of likely N-dealkylation sites (N-methyl/N-ethyl adjacent to an activating group) is 1. The van der Waals surface area contributed by atoms with Crippen molar-refractivity contribution in [1.82, 2.24) is 15.5 Å². The molecule has 0 atom stereocenters. The topological polar surface area (TPSA) is 87.1 Å². The summed E-state index contributed by atoms with van der Waals surface area (Å²) in [5.74, 6) is 1.62. The lowest BCUT2D eigenvalue weighted by Gasteiger charge is -2.04. The predicted octanol–water partition coefficient (Wildman–Crippen LogP) is 5.39. The number of hydrogen-bond acceptors (Lipinski definition) is 7. The fourth-order valence-corrected chi connectivity index (χ4v) is 3.73. The van der Waals surface area contributed by atoms with Crippen molar-refractivity contribution in [2.75, 3.05) is 37.8 Å². The largest absolute Gasteiger partial charge is 0.497 e.